The van der Waals surface area contributed by atoms with Crippen LogP contribution >= 0.6 is 0 Å². The maximum absolute atomic E-state index is 12.0. The van der Waals surface area contributed by atoms with Gasteiger partial charge >= 0.3 is 11.9 Å². The molecular formula is C16H24O9. The molecule has 3 aliphatic rings. The Morgan fingerprint density at radius 1 is 0.880 bits per heavy atom. The fraction of sp³-hybridized carbons (Fsp3) is 0.875. The summed E-state index contributed by atoms with van der Waals surface area (Å²) in [6.45, 7) is 6.89. The number of hydrogen-bond donors (Lipinski definition) is 2. The topological polar surface area (TPSA) is 121 Å². The number of aliphatic carboxylic acids is 1. The van der Waals surface area contributed by atoms with Crippen molar-refractivity contribution in [2.45, 2.75) is 88.7 Å². The van der Waals surface area contributed by atoms with E-state index in [9.17, 15) is 14.7 Å². The normalized spacial score (nSPS) is 41.0. The molecule has 1 saturated carbocycles. The molecule has 2 N–H and O–H groups in total. The lowest BCUT2D eigenvalue weighted by atomic mass is 9.85. The van der Waals surface area contributed by atoms with Crippen molar-refractivity contribution in [3.05, 3.63) is 0 Å². The maximum atomic E-state index is 12.0. The summed E-state index contributed by atoms with van der Waals surface area (Å²) in [7, 11) is 0. The van der Waals surface area contributed by atoms with E-state index < -0.39 is 60.1 Å². The van der Waals surface area contributed by atoms with E-state index in [0.29, 0.717) is 0 Å². The molecule has 0 amide bonds. The zero-order valence-electron chi connectivity index (χ0n) is 14.6. The molecule has 2 aliphatic heterocycles. The Morgan fingerprint density at radius 2 is 1.36 bits per heavy atom. The molecule has 0 spiro atoms. The van der Waals surface area contributed by atoms with E-state index in [2.05, 4.69) is 0 Å². The first-order valence-corrected chi connectivity index (χ1v) is 8.30. The lowest BCUT2D eigenvalue weighted by Gasteiger charge is -2.40. The van der Waals surface area contributed by atoms with Gasteiger partial charge in [0.2, 0.25) is 0 Å². The van der Waals surface area contributed by atoms with Crippen LogP contribution in [0.4, 0.5) is 0 Å². The van der Waals surface area contributed by atoms with Crippen molar-refractivity contribution in [2.75, 3.05) is 0 Å². The highest BCUT2D eigenvalue weighted by molar-refractivity contribution is 5.76. The second-order valence-electron chi connectivity index (χ2n) is 7.47. The van der Waals surface area contributed by atoms with Gasteiger partial charge < -0.3 is 33.9 Å². The molecule has 0 radical (unpaired) electrons. The van der Waals surface area contributed by atoms with Crippen molar-refractivity contribution in [3.63, 3.8) is 0 Å². The molecule has 2 saturated heterocycles. The molecule has 0 aromatic rings. The average Bonchev–Trinajstić information content (AvgIpc) is 2.97. The summed E-state index contributed by atoms with van der Waals surface area (Å²) in [5, 5.41) is 19.4. The van der Waals surface area contributed by atoms with Gasteiger partial charge in [-0.05, 0) is 27.7 Å². The number of ether oxygens (including phenoxy) is 5. The minimum atomic E-state index is -1.18. The molecule has 0 bridgehead atoms. The van der Waals surface area contributed by atoms with Gasteiger partial charge in [-0.1, -0.05) is 0 Å². The van der Waals surface area contributed by atoms with Crippen molar-refractivity contribution in [1.29, 1.82) is 0 Å². The van der Waals surface area contributed by atoms with Gasteiger partial charge in [0.15, 0.2) is 17.7 Å². The summed E-state index contributed by atoms with van der Waals surface area (Å²) < 4.78 is 28.7. The highest BCUT2D eigenvalue weighted by atomic mass is 16.8. The number of carboxylic acids is 1. The van der Waals surface area contributed by atoms with Gasteiger partial charge in [-0.3, -0.25) is 9.59 Å². The van der Waals surface area contributed by atoms with Crippen molar-refractivity contribution in [2.24, 2.45) is 0 Å². The summed E-state index contributed by atoms with van der Waals surface area (Å²) in [5.74, 6) is -3.68. The molecule has 25 heavy (non-hydrogen) atoms. The first-order chi connectivity index (χ1) is 11.5. The standard InChI is InChI=1S/C16H24O9/c1-15(2)22-11-9(20)10(21-8(19)6-5-7(17)18)12-14(13(11)24-15)25-16(3,4)23-12/h9-14,20H,5-6H2,1-4H3,(H,17,18)/t9-,10-,11+,12+,13+,14+/m0/s1. The van der Waals surface area contributed by atoms with Crippen molar-refractivity contribution in [3.8, 4) is 0 Å². The van der Waals surface area contributed by atoms with Crippen molar-refractivity contribution < 1.29 is 43.5 Å². The predicted molar refractivity (Wildman–Crippen MR) is 80.4 cm³/mol. The van der Waals surface area contributed by atoms with Gasteiger partial charge in [0, 0.05) is 0 Å². The Kier molecular flexibility index (Phi) is 4.57. The lowest BCUT2D eigenvalue weighted by molar-refractivity contribution is -0.199. The van der Waals surface area contributed by atoms with Gasteiger partial charge in [0.1, 0.15) is 30.5 Å². The van der Waals surface area contributed by atoms with Crippen LogP contribution in [0.2, 0.25) is 0 Å². The van der Waals surface area contributed by atoms with E-state index in [1.807, 2.05) is 0 Å². The Balaban J connectivity index is 1.80. The molecule has 0 unspecified atom stereocenters. The monoisotopic (exact) mass is 360 g/mol. The molecule has 3 fully saturated rings. The van der Waals surface area contributed by atoms with Gasteiger partial charge in [0.05, 0.1) is 12.8 Å². The number of hydrogen-bond acceptors (Lipinski definition) is 8. The number of carbonyl (C=O) groups excluding carboxylic acids is 1. The molecule has 2 heterocycles. The summed E-state index contributed by atoms with van der Waals surface area (Å²) >= 11 is 0. The second-order valence-corrected chi connectivity index (χ2v) is 7.47. The molecule has 9 heteroatoms. The highest BCUT2D eigenvalue weighted by Crippen LogP contribution is 2.45. The summed E-state index contributed by atoms with van der Waals surface area (Å²) in [5.41, 5.74) is 0. The quantitative estimate of drug-likeness (QED) is 0.676. The Hall–Kier alpha value is -1.26. The molecule has 3 rings (SSSR count). The summed E-state index contributed by atoms with van der Waals surface area (Å²) in [6, 6.07) is 0. The average molecular weight is 360 g/mol. The van der Waals surface area contributed by atoms with Crippen LogP contribution in [0.1, 0.15) is 40.5 Å². The van der Waals surface area contributed by atoms with Crippen LogP contribution in [-0.4, -0.2) is 70.3 Å². The van der Waals surface area contributed by atoms with E-state index in [-0.39, 0.29) is 12.8 Å². The third-order valence-corrected chi connectivity index (χ3v) is 4.46. The zero-order valence-corrected chi connectivity index (χ0v) is 14.6. The lowest BCUT2D eigenvalue weighted by Crippen LogP contribution is -2.62. The number of fused-ring (bicyclic) bond motifs is 3. The zero-order chi connectivity index (χ0) is 18.6. The van der Waals surface area contributed by atoms with Crippen LogP contribution in [0.25, 0.3) is 0 Å². The largest absolute Gasteiger partial charge is 0.481 e. The van der Waals surface area contributed by atoms with Crippen LogP contribution < -0.4 is 0 Å². The summed E-state index contributed by atoms with van der Waals surface area (Å²) in [6.07, 6.45) is -5.49. The van der Waals surface area contributed by atoms with Crippen LogP contribution in [0, 0.1) is 0 Å². The number of esters is 1. The minimum absolute atomic E-state index is 0.295. The third-order valence-electron chi connectivity index (χ3n) is 4.46. The van der Waals surface area contributed by atoms with Gasteiger partial charge in [-0.15, -0.1) is 0 Å². The van der Waals surface area contributed by atoms with Crippen LogP contribution in [0.3, 0.4) is 0 Å². The van der Waals surface area contributed by atoms with E-state index in [1.165, 1.54) is 0 Å². The number of aliphatic hydroxyl groups excluding tert-OH is 1. The molecule has 1 aliphatic carbocycles. The maximum Gasteiger partial charge on any atom is 0.306 e. The van der Waals surface area contributed by atoms with Gasteiger partial charge in [-0.2, -0.15) is 0 Å². The first kappa shape index (κ1) is 18.5. The molecule has 0 aromatic carbocycles. The molecule has 142 valence electrons. The second kappa shape index (κ2) is 6.17. The number of carboxylic acid groups (broad SMARTS) is 1. The Bertz CT molecular complexity index is 558. The van der Waals surface area contributed by atoms with Crippen LogP contribution in [0.15, 0.2) is 0 Å². The van der Waals surface area contributed by atoms with Gasteiger partial charge in [0.25, 0.3) is 0 Å². The fourth-order valence-electron chi connectivity index (χ4n) is 3.60. The fourth-order valence-corrected chi connectivity index (χ4v) is 3.60. The number of aliphatic hydroxyl groups is 1. The van der Waals surface area contributed by atoms with Crippen LogP contribution in [-0.2, 0) is 33.3 Å². The number of carbonyl (C=O) groups is 2. The van der Waals surface area contributed by atoms with E-state index >= 15 is 0 Å². The van der Waals surface area contributed by atoms with E-state index in [0.717, 1.165) is 0 Å². The molecule has 6 atom stereocenters. The minimum Gasteiger partial charge on any atom is -0.481 e. The van der Waals surface area contributed by atoms with E-state index in [4.69, 9.17) is 28.8 Å². The SMILES string of the molecule is CC1(C)O[C@H]2[C@@H]3OC(C)(C)O[C@@H]3[C@@H](O)[C@H](OC(=O)CCC(=O)O)[C@H]2O1. The Labute approximate surface area is 145 Å². The van der Waals surface area contributed by atoms with E-state index in [1.54, 1.807) is 27.7 Å². The van der Waals surface area contributed by atoms with Crippen LogP contribution in [0.5, 0.6) is 0 Å². The smallest absolute Gasteiger partial charge is 0.306 e. The van der Waals surface area contributed by atoms with Crippen molar-refractivity contribution in [1.82, 2.24) is 0 Å². The van der Waals surface area contributed by atoms with Gasteiger partial charge in [-0.25, -0.2) is 0 Å². The molecule has 0 aromatic heterocycles. The third kappa shape index (κ3) is 3.65. The summed E-state index contributed by atoms with van der Waals surface area (Å²) in [4.78, 5) is 22.6. The molecule has 9 nitrogen and oxygen atoms in total. The number of rotatable bonds is 4. The highest BCUT2D eigenvalue weighted by Gasteiger charge is 2.64. The Morgan fingerprint density at radius 3 is 1.92 bits per heavy atom. The molecular weight excluding hydrogens is 336 g/mol. The van der Waals surface area contributed by atoms with Crippen molar-refractivity contribution >= 4 is 11.9 Å². The first-order valence-electron chi connectivity index (χ1n) is 8.30. The predicted octanol–water partition coefficient (Wildman–Crippen LogP) is 0.178.